The molecule has 0 amide bonds. The van der Waals surface area contributed by atoms with Crippen LogP contribution in [0.1, 0.15) is 56.8 Å². The van der Waals surface area contributed by atoms with Crippen molar-refractivity contribution in [2.24, 2.45) is 11.8 Å². The molecule has 146 valence electrons. The summed E-state index contributed by atoms with van der Waals surface area (Å²) in [5.41, 5.74) is 2.31. The summed E-state index contributed by atoms with van der Waals surface area (Å²) in [6.07, 6.45) is 4.50. The third kappa shape index (κ3) is 4.20. The molecule has 2 fully saturated rings. The lowest BCUT2D eigenvalue weighted by Gasteiger charge is -2.25. The molecule has 0 radical (unpaired) electrons. The van der Waals surface area contributed by atoms with Crippen molar-refractivity contribution in [1.29, 1.82) is 0 Å². The van der Waals surface area contributed by atoms with Crippen molar-refractivity contribution in [3.63, 3.8) is 0 Å². The number of fused-ring (bicyclic) bond motifs is 1. The average Bonchev–Trinajstić information content (AvgIpc) is 2.98. The first kappa shape index (κ1) is 20.0. The van der Waals surface area contributed by atoms with Crippen LogP contribution in [-0.2, 0) is 16.7 Å². The van der Waals surface area contributed by atoms with Crippen LogP contribution in [0.5, 0.6) is 0 Å². The van der Waals surface area contributed by atoms with E-state index in [2.05, 4.69) is 35.6 Å². The van der Waals surface area contributed by atoms with Crippen LogP contribution in [0.3, 0.4) is 0 Å². The van der Waals surface area contributed by atoms with Gasteiger partial charge in [0.15, 0.2) is 0 Å². The summed E-state index contributed by atoms with van der Waals surface area (Å²) in [6, 6.07) is 8.12. The van der Waals surface area contributed by atoms with E-state index in [1.807, 2.05) is 12.1 Å². The maximum Gasteiger partial charge on any atom is 0.231 e. The van der Waals surface area contributed by atoms with E-state index < -0.39 is 17.4 Å². The van der Waals surface area contributed by atoms with Crippen molar-refractivity contribution < 1.29 is 13.9 Å². The van der Waals surface area contributed by atoms with Crippen LogP contribution in [0.15, 0.2) is 24.3 Å². The zero-order chi connectivity index (χ0) is 18.7. The van der Waals surface area contributed by atoms with E-state index in [1.54, 1.807) is 0 Å². The summed E-state index contributed by atoms with van der Waals surface area (Å²) >= 11 is -2.10. The van der Waals surface area contributed by atoms with Crippen molar-refractivity contribution in [2.75, 3.05) is 26.2 Å². The predicted molar refractivity (Wildman–Crippen MR) is 105 cm³/mol. The van der Waals surface area contributed by atoms with Gasteiger partial charge in [-0.15, -0.1) is 0 Å². The number of nitrogens with one attached hydrogen (secondary N) is 1. The molecule has 1 heterocycles. The quantitative estimate of drug-likeness (QED) is 0.431. The molecule has 0 bridgehead atoms. The van der Waals surface area contributed by atoms with Gasteiger partial charge in [-0.3, -0.25) is 4.55 Å². The van der Waals surface area contributed by atoms with Gasteiger partial charge in [0.05, 0.1) is 6.10 Å². The van der Waals surface area contributed by atoms with Crippen LogP contribution in [0, 0.1) is 11.8 Å². The second-order valence-corrected chi connectivity index (χ2v) is 8.84. The van der Waals surface area contributed by atoms with E-state index in [1.165, 1.54) is 50.9 Å². The monoisotopic (exact) mass is 380 g/mol. The molecule has 4 atom stereocenters. The number of hydrogen-bond donors (Lipinski definition) is 3. The van der Waals surface area contributed by atoms with Crippen LogP contribution in [0.4, 0.5) is 0 Å². The minimum absolute atomic E-state index is 0.0711. The summed E-state index contributed by atoms with van der Waals surface area (Å²) < 4.78 is 21.9. The molecule has 4 unspecified atom stereocenters. The summed E-state index contributed by atoms with van der Waals surface area (Å²) in [4.78, 5) is 2.62. The normalized spacial score (nSPS) is 30.2. The predicted octanol–water partition coefficient (Wildman–Crippen LogP) is 2.85. The van der Waals surface area contributed by atoms with Crippen LogP contribution in [-0.4, -0.2) is 44.9 Å². The van der Waals surface area contributed by atoms with Gasteiger partial charge >= 0.3 is 0 Å². The molecule has 26 heavy (non-hydrogen) atoms. The number of aliphatic hydroxyl groups is 1. The number of unbranched alkanes of at least 4 members (excludes halogenated alkanes) is 3. The minimum Gasteiger partial charge on any atom is -0.387 e. The summed E-state index contributed by atoms with van der Waals surface area (Å²) in [5, 5.41) is 10.2. The van der Waals surface area contributed by atoms with Crippen molar-refractivity contribution in [3.05, 3.63) is 35.4 Å². The van der Waals surface area contributed by atoms with Crippen LogP contribution >= 0.6 is 0 Å². The van der Waals surface area contributed by atoms with E-state index in [4.69, 9.17) is 4.55 Å². The van der Waals surface area contributed by atoms with Gasteiger partial charge in [0, 0.05) is 25.0 Å². The molecule has 2 aliphatic rings. The molecule has 0 spiro atoms. The third-order valence-electron chi connectivity index (χ3n) is 6.45. The number of hydrogen-bond acceptors (Lipinski definition) is 3. The van der Waals surface area contributed by atoms with E-state index in [0.717, 1.165) is 5.56 Å². The molecule has 6 heteroatoms. The Morgan fingerprint density at radius 3 is 2.69 bits per heavy atom. The Balaban J connectivity index is 1.56. The smallest absolute Gasteiger partial charge is 0.231 e. The number of likely N-dealkylation sites (tertiary alicyclic amines) is 1. The molecule has 3 rings (SSSR count). The molecule has 1 saturated heterocycles. The largest absolute Gasteiger partial charge is 0.387 e. The fourth-order valence-electron chi connectivity index (χ4n) is 4.68. The second kappa shape index (κ2) is 8.48. The Bertz CT molecular complexity index is 627. The molecule has 1 aromatic rings. The van der Waals surface area contributed by atoms with E-state index >= 15 is 0 Å². The van der Waals surface area contributed by atoms with Crippen LogP contribution < -0.4 is 4.72 Å². The van der Waals surface area contributed by atoms with E-state index in [0.29, 0.717) is 11.8 Å². The SMILES string of the molecule is CCCCCCN1CC2C(C1)C2(C)c1cccc(C(O)CNS(=O)O)c1. The van der Waals surface area contributed by atoms with Gasteiger partial charge in [-0.1, -0.05) is 57.4 Å². The molecule has 0 aromatic heterocycles. The molecular formula is C20H32N2O3S. The van der Waals surface area contributed by atoms with Gasteiger partial charge < -0.3 is 10.0 Å². The summed E-state index contributed by atoms with van der Waals surface area (Å²) in [6.45, 7) is 8.27. The molecule has 1 aliphatic heterocycles. The molecule has 5 nitrogen and oxygen atoms in total. The van der Waals surface area contributed by atoms with Crippen molar-refractivity contribution in [1.82, 2.24) is 9.62 Å². The highest BCUT2D eigenvalue weighted by molar-refractivity contribution is 7.77. The van der Waals surface area contributed by atoms with Crippen molar-refractivity contribution in [3.8, 4) is 0 Å². The maximum atomic E-state index is 10.7. The zero-order valence-corrected chi connectivity index (χ0v) is 16.7. The number of rotatable bonds is 10. The van der Waals surface area contributed by atoms with Gasteiger partial charge in [-0.05, 0) is 35.9 Å². The maximum absolute atomic E-state index is 10.7. The third-order valence-corrected chi connectivity index (χ3v) is 6.86. The second-order valence-electron chi connectivity index (χ2n) is 8.05. The fourth-order valence-corrected chi connectivity index (χ4v) is 4.99. The highest BCUT2D eigenvalue weighted by atomic mass is 32.2. The lowest BCUT2D eigenvalue weighted by atomic mass is 9.90. The first-order chi connectivity index (χ1) is 12.5. The topological polar surface area (TPSA) is 72.8 Å². The van der Waals surface area contributed by atoms with Crippen molar-refractivity contribution >= 4 is 11.3 Å². The van der Waals surface area contributed by atoms with E-state index in [9.17, 15) is 9.32 Å². The van der Waals surface area contributed by atoms with Gasteiger partial charge in [0.25, 0.3) is 0 Å². The Morgan fingerprint density at radius 2 is 2.04 bits per heavy atom. The van der Waals surface area contributed by atoms with Crippen LogP contribution in [0.2, 0.25) is 0 Å². The number of piperidine rings is 1. The van der Waals surface area contributed by atoms with Gasteiger partial charge in [-0.25, -0.2) is 8.93 Å². The molecule has 1 aliphatic carbocycles. The Hall–Kier alpha value is -0.790. The number of nitrogens with zero attached hydrogens (tertiary/aromatic N) is 1. The molecule has 1 saturated carbocycles. The molecular weight excluding hydrogens is 348 g/mol. The fraction of sp³-hybridized carbons (Fsp3) is 0.700. The van der Waals surface area contributed by atoms with E-state index in [-0.39, 0.29) is 12.0 Å². The van der Waals surface area contributed by atoms with Crippen molar-refractivity contribution in [2.45, 2.75) is 51.0 Å². The Kier molecular flexibility index (Phi) is 6.51. The number of benzene rings is 1. The van der Waals surface area contributed by atoms with Gasteiger partial charge in [-0.2, -0.15) is 0 Å². The molecule has 1 aromatic carbocycles. The Labute approximate surface area is 159 Å². The Morgan fingerprint density at radius 1 is 1.31 bits per heavy atom. The highest BCUT2D eigenvalue weighted by Crippen LogP contribution is 2.63. The van der Waals surface area contributed by atoms with Gasteiger partial charge in [0.2, 0.25) is 11.3 Å². The minimum atomic E-state index is -2.10. The van der Waals surface area contributed by atoms with Gasteiger partial charge in [0.1, 0.15) is 0 Å². The summed E-state index contributed by atoms with van der Waals surface area (Å²) in [7, 11) is 0. The van der Waals surface area contributed by atoms with Crippen LogP contribution in [0.25, 0.3) is 0 Å². The lowest BCUT2D eigenvalue weighted by molar-refractivity contribution is 0.181. The highest BCUT2D eigenvalue weighted by Gasteiger charge is 2.65. The molecule has 3 N–H and O–H groups in total. The number of aliphatic hydroxyl groups excluding tert-OH is 1. The first-order valence-corrected chi connectivity index (χ1v) is 10.9. The summed E-state index contributed by atoms with van der Waals surface area (Å²) in [5.74, 6) is 1.42. The first-order valence-electron chi connectivity index (χ1n) is 9.82. The average molecular weight is 381 g/mol. The zero-order valence-electron chi connectivity index (χ0n) is 15.9. The lowest BCUT2D eigenvalue weighted by Crippen LogP contribution is -2.30. The standard InChI is InChI=1S/C20H32N2O3S/c1-3-4-5-6-10-22-13-17-18(14-22)20(17,2)16-9-7-8-15(11-16)19(23)12-21-26(24)25/h7-9,11,17-19,21,23H,3-6,10,12-14H2,1-2H3,(H,24,25).